The first kappa shape index (κ1) is 13.7. The minimum atomic E-state index is 0.639. The van der Waals surface area contributed by atoms with E-state index in [0.29, 0.717) is 12.4 Å². The topological polar surface area (TPSA) is 50.3 Å². The van der Waals surface area contributed by atoms with Crippen LogP contribution in [0.4, 0.5) is 11.5 Å². The molecule has 0 saturated carbocycles. The van der Waals surface area contributed by atoms with Gasteiger partial charge in [-0.05, 0) is 31.0 Å². The van der Waals surface area contributed by atoms with Crippen LogP contribution in [0.3, 0.4) is 0 Å². The largest absolute Gasteiger partial charge is 0.481 e. The average Bonchev–Trinajstić information content (AvgIpc) is 3.08. The van der Waals surface area contributed by atoms with E-state index in [9.17, 15) is 0 Å². The SMILES string of the molecule is COc1cccc(CNc2cccnc2N2CCCC2)n1. The molecule has 0 aromatic carbocycles. The van der Waals surface area contributed by atoms with Gasteiger partial charge in [-0.15, -0.1) is 0 Å². The van der Waals surface area contributed by atoms with Gasteiger partial charge in [-0.25, -0.2) is 9.97 Å². The van der Waals surface area contributed by atoms with Gasteiger partial charge in [0.2, 0.25) is 5.88 Å². The lowest BCUT2D eigenvalue weighted by atomic mass is 10.3. The zero-order valence-corrected chi connectivity index (χ0v) is 12.2. The quantitative estimate of drug-likeness (QED) is 0.915. The van der Waals surface area contributed by atoms with Gasteiger partial charge in [0, 0.05) is 25.4 Å². The lowest BCUT2D eigenvalue weighted by Gasteiger charge is -2.20. The third-order valence-corrected chi connectivity index (χ3v) is 3.64. The smallest absolute Gasteiger partial charge is 0.213 e. The number of nitrogens with one attached hydrogen (secondary N) is 1. The Morgan fingerprint density at radius 2 is 2.05 bits per heavy atom. The van der Waals surface area contributed by atoms with E-state index in [1.165, 1.54) is 12.8 Å². The lowest BCUT2D eigenvalue weighted by molar-refractivity contribution is 0.396. The summed E-state index contributed by atoms with van der Waals surface area (Å²) in [5.74, 6) is 1.68. The van der Waals surface area contributed by atoms with Gasteiger partial charge in [0.25, 0.3) is 0 Å². The summed E-state index contributed by atoms with van der Waals surface area (Å²) < 4.78 is 5.15. The van der Waals surface area contributed by atoms with E-state index >= 15 is 0 Å². The second-order valence-corrected chi connectivity index (χ2v) is 5.09. The maximum absolute atomic E-state index is 5.15. The van der Waals surface area contributed by atoms with Crippen LogP contribution >= 0.6 is 0 Å². The number of nitrogens with zero attached hydrogens (tertiary/aromatic N) is 3. The maximum Gasteiger partial charge on any atom is 0.213 e. The summed E-state index contributed by atoms with van der Waals surface area (Å²) in [5, 5.41) is 3.44. The number of hydrogen-bond donors (Lipinski definition) is 1. The minimum Gasteiger partial charge on any atom is -0.481 e. The first-order valence-corrected chi connectivity index (χ1v) is 7.30. The molecule has 5 heteroatoms. The van der Waals surface area contributed by atoms with Crippen molar-refractivity contribution in [3.8, 4) is 5.88 Å². The molecule has 1 aliphatic rings. The van der Waals surface area contributed by atoms with Gasteiger partial charge in [-0.3, -0.25) is 0 Å². The van der Waals surface area contributed by atoms with Gasteiger partial charge < -0.3 is 15.0 Å². The van der Waals surface area contributed by atoms with Crippen molar-refractivity contribution in [3.63, 3.8) is 0 Å². The molecule has 21 heavy (non-hydrogen) atoms. The summed E-state index contributed by atoms with van der Waals surface area (Å²) in [4.78, 5) is 11.3. The number of methoxy groups -OCH3 is 1. The van der Waals surface area contributed by atoms with Crippen LogP contribution in [-0.4, -0.2) is 30.2 Å². The fourth-order valence-electron chi connectivity index (χ4n) is 2.57. The molecule has 1 aliphatic heterocycles. The molecule has 0 amide bonds. The third kappa shape index (κ3) is 3.24. The number of aromatic nitrogens is 2. The number of hydrogen-bond acceptors (Lipinski definition) is 5. The Labute approximate surface area is 125 Å². The van der Waals surface area contributed by atoms with Gasteiger partial charge in [0.15, 0.2) is 5.82 Å². The Morgan fingerprint density at radius 1 is 1.19 bits per heavy atom. The molecule has 0 radical (unpaired) electrons. The predicted molar refractivity (Wildman–Crippen MR) is 83.8 cm³/mol. The van der Waals surface area contributed by atoms with Gasteiger partial charge in [-0.1, -0.05) is 6.07 Å². The van der Waals surface area contributed by atoms with Crippen molar-refractivity contribution in [2.45, 2.75) is 19.4 Å². The summed E-state index contributed by atoms with van der Waals surface area (Å²) in [5.41, 5.74) is 2.01. The van der Waals surface area contributed by atoms with Crippen molar-refractivity contribution < 1.29 is 4.74 Å². The highest BCUT2D eigenvalue weighted by Gasteiger charge is 2.16. The van der Waals surface area contributed by atoms with Crippen LogP contribution in [0.5, 0.6) is 5.88 Å². The third-order valence-electron chi connectivity index (χ3n) is 3.64. The summed E-state index contributed by atoms with van der Waals surface area (Å²) in [6.07, 6.45) is 4.34. The van der Waals surface area contributed by atoms with Crippen molar-refractivity contribution >= 4 is 11.5 Å². The van der Waals surface area contributed by atoms with E-state index in [0.717, 1.165) is 30.3 Å². The van der Waals surface area contributed by atoms with Crippen molar-refractivity contribution in [2.75, 3.05) is 30.4 Å². The maximum atomic E-state index is 5.15. The fraction of sp³-hybridized carbons (Fsp3) is 0.375. The molecule has 2 aromatic rings. The number of anilines is 2. The number of rotatable bonds is 5. The molecule has 0 spiro atoms. The molecule has 0 unspecified atom stereocenters. The van der Waals surface area contributed by atoms with Gasteiger partial charge in [-0.2, -0.15) is 0 Å². The van der Waals surface area contributed by atoms with Crippen LogP contribution in [0.2, 0.25) is 0 Å². The molecule has 3 heterocycles. The molecule has 1 N–H and O–H groups in total. The highest BCUT2D eigenvalue weighted by atomic mass is 16.5. The summed E-state index contributed by atoms with van der Waals surface area (Å²) in [7, 11) is 1.63. The first-order chi connectivity index (χ1) is 10.4. The summed E-state index contributed by atoms with van der Waals surface area (Å²) in [6.45, 7) is 2.83. The zero-order chi connectivity index (χ0) is 14.5. The second kappa shape index (κ2) is 6.43. The van der Waals surface area contributed by atoms with E-state index in [-0.39, 0.29) is 0 Å². The Hall–Kier alpha value is -2.30. The molecule has 110 valence electrons. The minimum absolute atomic E-state index is 0.639. The Bertz CT molecular complexity index is 596. The van der Waals surface area contributed by atoms with E-state index in [4.69, 9.17) is 4.74 Å². The van der Waals surface area contributed by atoms with Crippen LogP contribution in [0.25, 0.3) is 0 Å². The van der Waals surface area contributed by atoms with Crippen LogP contribution in [0, 0.1) is 0 Å². The highest BCUT2D eigenvalue weighted by molar-refractivity contribution is 5.65. The fourth-order valence-corrected chi connectivity index (χ4v) is 2.57. The van der Waals surface area contributed by atoms with Gasteiger partial charge in [0.1, 0.15) is 0 Å². The second-order valence-electron chi connectivity index (χ2n) is 5.09. The van der Waals surface area contributed by atoms with E-state index < -0.39 is 0 Å². The normalized spacial score (nSPS) is 14.2. The van der Waals surface area contributed by atoms with Crippen molar-refractivity contribution in [2.24, 2.45) is 0 Å². The Morgan fingerprint density at radius 3 is 2.86 bits per heavy atom. The van der Waals surface area contributed by atoms with E-state index in [1.807, 2.05) is 30.5 Å². The molecule has 5 nitrogen and oxygen atoms in total. The van der Waals surface area contributed by atoms with E-state index in [1.54, 1.807) is 7.11 Å². The first-order valence-electron chi connectivity index (χ1n) is 7.30. The van der Waals surface area contributed by atoms with Crippen molar-refractivity contribution in [3.05, 3.63) is 42.2 Å². The average molecular weight is 284 g/mol. The Balaban J connectivity index is 1.72. The number of pyridine rings is 2. The van der Waals surface area contributed by atoms with Crippen LogP contribution < -0.4 is 15.0 Å². The molecule has 0 atom stereocenters. The molecule has 2 aromatic heterocycles. The van der Waals surface area contributed by atoms with Crippen molar-refractivity contribution in [1.29, 1.82) is 0 Å². The molecule has 3 rings (SSSR count). The van der Waals surface area contributed by atoms with E-state index in [2.05, 4.69) is 26.3 Å². The molecule has 0 aliphatic carbocycles. The van der Waals surface area contributed by atoms with Gasteiger partial charge >= 0.3 is 0 Å². The van der Waals surface area contributed by atoms with Crippen LogP contribution in [0.1, 0.15) is 18.5 Å². The summed E-state index contributed by atoms with van der Waals surface area (Å²) in [6, 6.07) is 9.82. The monoisotopic (exact) mass is 284 g/mol. The summed E-state index contributed by atoms with van der Waals surface area (Å²) >= 11 is 0. The Kier molecular flexibility index (Phi) is 4.19. The predicted octanol–water partition coefficient (Wildman–Crippen LogP) is 2.70. The lowest BCUT2D eigenvalue weighted by Crippen LogP contribution is -2.20. The molecule has 1 saturated heterocycles. The van der Waals surface area contributed by atoms with Crippen LogP contribution in [-0.2, 0) is 6.54 Å². The number of ether oxygens (including phenoxy) is 1. The molecule has 0 bridgehead atoms. The molecular weight excluding hydrogens is 264 g/mol. The molecular formula is C16H20N4O. The van der Waals surface area contributed by atoms with Gasteiger partial charge in [0.05, 0.1) is 25.0 Å². The molecule has 1 fully saturated rings. The highest BCUT2D eigenvalue weighted by Crippen LogP contribution is 2.26. The standard InChI is InChI=1S/C16H20N4O/c1-21-15-8-4-6-13(19-15)12-18-14-7-5-9-17-16(14)20-10-2-3-11-20/h4-9,18H,2-3,10-12H2,1H3. The van der Waals surface area contributed by atoms with Crippen molar-refractivity contribution in [1.82, 2.24) is 9.97 Å². The zero-order valence-electron chi connectivity index (χ0n) is 12.2. The van der Waals surface area contributed by atoms with Crippen LogP contribution in [0.15, 0.2) is 36.5 Å².